The summed E-state index contributed by atoms with van der Waals surface area (Å²) < 4.78 is 10.8. The number of H-pyrrole nitrogens is 1. The van der Waals surface area contributed by atoms with Crippen LogP contribution in [-0.4, -0.2) is 36.0 Å². The van der Waals surface area contributed by atoms with Crippen LogP contribution < -0.4 is 14.9 Å². The second kappa shape index (κ2) is 9.05. The van der Waals surface area contributed by atoms with Gasteiger partial charge in [-0.2, -0.15) is 10.2 Å². The Hall–Kier alpha value is -3.32. The third-order valence-electron chi connectivity index (χ3n) is 3.83. The number of rotatable bonds is 7. The van der Waals surface area contributed by atoms with Crippen molar-refractivity contribution in [3.05, 3.63) is 64.8 Å². The van der Waals surface area contributed by atoms with E-state index in [1.54, 1.807) is 37.4 Å². The first-order chi connectivity index (χ1) is 13.6. The quantitative estimate of drug-likeness (QED) is 0.466. The van der Waals surface area contributed by atoms with Gasteiger partial charge in [0.2, 0.25) is 0 Å². The van der Waals surface area contributed by atoms with Gasteiger partial charge in [0.05, 0.1) is 25.6 Å². The van der Waals surface area contributed by atoms with Crippen LogP contribution in [0, 0.1) is 0 Å². The van der Waals surface area contributed by atoms with Crippen LogP contribution in [0.2, 0.25) is 5.02 Å². The lowest BCUT2D eigenvalue weighted by Gasteiger charge is -2.09. The van der Waals surface area contributed by atoms with Crippen molar-refractivity contribution >= 4 is 23.7 Å². The highest BCUT2D eigenvalue weighted by molar-refractivity contribution is 6.30. The molecule has 1 aromatic heterocycles. The molecule has 3 rings (SSSR count). The predicted octanol–water partition coefficient (Wildman–Crippen LogP) is 3.90. The minimum atomic E-state index is -0.401. The summed E-state index contributed by atoms with van der Waals surface area (Å²) in [4.78, 5) is 12.2. The van der Waals surface area contributed by atoms with E-state index in [1.807, 2.05) is 25.1 Å². The van der Waals surface area contributed by atoms with E-state index in [0.29, 0.717) is 34.5 Å². The highest BCUT2D eigenvalue weighted by atomic mass is 35.5. The van der Waals surface area contributed by atoms with Gasteiger partial charge in [-0.25, -0.2) is 5.43 Å². The van der Waals surface area contributed by atoms with E-state index in [2.05, 4.69) is 20.7 Å². The highest BCUT2D eigenvalue weighted by Gasteiger charge is 2.10. The lowest BCUT2D eigenvalue weighted by atomic mass is 10.1. The molecule has 0 unspecified atom stereocenters. The van der Waals surface area contributed by atoms with Gasteiger partial charge in [0, 0.05) is 10.6 Å². The van der Waals surface area contributed by atoms with Crippen LogP contribution in [0.4, 0.5) is 0 Å². The van der Waals surface area contributed by atoms with Crippen molar-refractivity contribution in [1.29, 1.82) is 0 Å². The monoisotopic (exact) mass is 398 g/mol. The van der Waals surface area contributed by atoms with Gasteiger partial charge < -0.3 is 9.47 Å². The maximum absolute atomic E-state index is 12.2. The molecule has 0 atom stereocenters. The molecule has 0 saturated carbocycles. The molecule has 0 aliphatic heterocycles. The van der Waals surface area contributed by atoms with Crippen LogP contribution in [-0.2, 0) is 0 Å². The Morgan fingerprint density at radius 1 is 1.21 bits per heavy atom. The molecule has 7 nitrogen and oxygen atoms in total. The summed E-state index contributed by atoms with van der Waals surface area (Å²) in [5, 5.41) is 11.5. The molecule has 0 spiro atoms. The average Bonchev–Trinajstić information content (AvgIpc) is 3.20. The number of carbonyl (C=O) groups excluding carboxylic acids is 1. The van der Waals surface area contributed by atoms with Crippen LogP contribution in [0.5, 0.6) is 11.5 Å². The zero-order valence-corrected chi connectivity index (χ0v) is 16.2. The maximum atomic E-state index is 12.2. The Morgan fingerprint density at radius 2 is 2.00 bits per heavy atom. The molecule has 0 aliphatic rings. The number of nitrogens with one attached hydrogen (secondary N) is 2. The van der Waals surface area contributed by atoms with Crippen LogP contribution in [0.1, 0.15) is 23.0 Å². The van der Waals surface area contributed by atoms with Gasteiger partial charge >= 0.3 is 0 Å². The number of aromatic nitrogens is 2. The van der Waals surface area contributed by atoms with Gasteiger partial charge in [-0.15, -0.1) is 0 Å². The Bertz CT molecular complexity index is 983. The summed E-state index contributed by atoms with van der Waals surface area (Å²) in [6, 6.07) is 14.2. The third kappa shape index (κ3) is 4.69. The highest BCUT2D eigenvalue weighted by Crippen LogP contribution is 2.27. The molecule has 0 radical (unpaired) electrons. The summed E-state index contributed by atoms with van der Waals surface area (Å²) in [5.74, 6) is 0.846. The van der Waals surface area contributed by atoms with E-state index in [9.17, 15) is 4.79 Å². The number of amides is 1. The van der Waals surface area contributed by atoms with Gasteiger partial charge in [-0.1, -0.05) is 23.7 Å². The van der Waals surface area contributed by atoms with Crippen molar-refractivity contribution in [3.8, 4) is 22.8 Å². The third-order valence-corrected chi connectivity index (χ3v) is 4.08. The van der Waals surface area contributed by atoms with Crippen molar-refractivity contribution < 1.29 is 14.3 Å². The predicted molar refractivity (Wildman–Crippen MR) is 108 cm³/mol. The lowest BCUT2D eigenvalue weighted by Crippen LogP contribution is -2.18. The summed E-state index contributed by atoms with van der Waals surface area (Å²) in [6.07, 6.45) is 1.52. The minimum absolute atomic E-state index is 0.298. The zero-order chi connectivity index (χ0) is 19.9. The van der Waals surface area contributed by atoms with Gasteiger partial charge in [0.1, 0.15) is 5.69 Å². The molecule has 0 bridgehead atoms. The standard InChI is InChI=1S/C20H19ClN4O3/c1-3-28-18-9-4-13(10-19(18)27-2)12-22-25-20(26)17-11-16(23-24-17)14-5-7-15(21)8-6-14/h4-12H,3H2,1-2H3,(H,23,24)(H,25,26)/b22-12+. The molecular formula is C20H19ClN4O3. The number of ether oxygens (including phenoxy) is 2. The SMILES string of the molecule is CCOc1ccc(/C=N/NC(=O)c2cc(-c3ccc(Cl)cc3)n[nH]2)cc1OC. The van der Waals surface area contributed by atoms with E-state index in [0.717, 1.165) is 11.1 Å². The topological polar surface area (TPSA) is 88.6 Å². The Labute approximate surface area is 167 Å². The lowest BCUT2D eigenvalue weighted by molar-refractivity contribution is 0.0950. The van der Waals surface area contributed by atoms with E-state index >= 15 is 0 Å². The second-order valence-corrected chi connectivity index (χ2v) is 6.15. The fourth-order valence-corrected chi connectivity index (χ4v) is 2.60. The molecule has 1 heterocycles. The summed E-state index contributed by atoms with van der Waals surface area (Å²) >= 11 is 5.88. The van der Waals surface area contributed by atoms with Gasteiger partial charge in [0.15, 0.2) is 11.5 Å². The van der Waals surface area contributed by atoms with E-state index in [-0.39, 0.29) is 0 Å². The molecular weight excluding hydrogens is 380 g/mol. The van der Waals surface area contributed by atoms with Crippen LogP contribution in [0.25, 0.3) is 11.3 Å². The zero-order valence-electron chi connectivity index (χ0n) is 15.4. The molecule has 2 N–H and O–H groups in total. The number of aromatic amines is 1. The first-order valence-electron chi connectivity index (χ1n) is 8.56. The largest absolute Gasteiger partial charge is 0.493 e. The van der Waals surface area contributed by atoms with Crippen LogP contribution >= 0.6 is 11.6 Å². The first-order valence-corrected chi connectivity index (χ1v) is 8.94. The number of halogens is 1. The second-order valence-electron chi connectivity index (χ2n) is 5.72. The first kappa shape index (κ1) is 19.4. The van der Waals surface area contributed by atoms with E-state index in [1.165, 1.54) is 6.21 Å². The Balaban J connectivity index is 1.65. The molecule has 3 aromatic rings. The van der Waals surface area contributed by atoms with Crippen LogP contribution in [0.3, 0.4) is 0 Å². The van der Waals surface area contributed by atoms with Gasteiger partial charge in [-0.05, 0) is 48.9 Å². The molecule has 2 aromatic carbocycles. The summed E-state index contributed by atoms with van der Waals surface area (Å²) in [7, 11) is 1.57. The molecule has 0 aliphatic carbocycles. The van der Waals surface area contributed by atoms with Crippen molar-refractivity contribution in [2.24, 2.45) is 5.10 Å². The van der Waals surface area contributed by atoms with Crippen molar-refractivity contribution in [2.45, 2.75) is 6.92 Å². The molecule has 1 amide bonds. The fourth-order valence-electron chi connectivity index (χ4n) is 2.47. The van der Waals surface area contributed by atoms with E-state index < -0.39 is 5.91 Å². The summed E-state index contributed by atoms with van der Waals surface area (Å²) in [5.41, 5.74) is 5.01. The molecule has 8 heteroatoms. The Morgan fingerprint density at radius 3 is 2.71 bits per heavy atom. The number of hydrogen-bond donors (Lipinski definition) is 2. The molecule has 0 saturated heterocycles. The Kier molecular flexibility index (Phi) is 6.29. The average molecular weight is 399 g/mol. The normalized spacial score (nSPS) is 10.8. The van der Waals surface area contributed by atoms with Crippen molar-refractivity contribution in [1.82, 2.24) is 15.6 Å². The smallest absolute Gasteiger partial charge is 0.289 e. The number of hydrogen-bond acceptors (Lipinski definition) is 5. The number of hydrazone groups is 1. The van der Waals surface area contributed by atoms with Gasteiger partial charge in [-0.3, -0.25) is 9.89 Å². The molecule has 144 valence electrons. The number of benzene rings is 2. The maximum Gasteiger partial charge on any atom is 0.289 e. The molecule has 0 fully saturated rings. The van der Waals surface area contributed by atoms with Crippen LogP contribution in [0.15, 0.2) is 53.6 Å². The van der Waals surface area contributed by atoms with Crippen molar-refractivity contribution in [2.75, 3.05) is 13.7 Å². The summed E-state index contributed by atoms with van der Waals surface area (Å²) in [6.45, 7) is 2.44. The fraction of sp³-hybridized carbons (Fsp3) is 0.150. The van der Waals surface area contributed by atoms with Crippen molar-refractivity contribution in [3.63, 3.8) is 0 Å². The van der Waals surface area contributed by atoms with E-state index in [4.69, 9.17) is 21.1 Å². The van der Waals surface area contributed by atoms with Gasteiger partial charge in [0.25, 0.3) is 5.91 Å². The molecule has 28 heavy (non-hydrogen) atoms. The number of nitrogens with zero attached hydrogens (tertiary/aromatic N) is 2. The minimum Gasteiger partial charge on any atom is -0.493 e. The number of methoxy groups -OCH3 is 1. The number of carbonyl (C=O) groups is 1.